The van der Waals surface area contributed by atoms with Gasteiger partial charge in [0.2, 0.25) is 0 Å². The van der Waals surface area contributed by atoms with E-state index in [0.29, 0.717) is 17.5 Å². The van der Waals surface area contributed by atoms with E-state index in [0.717, 1.165) is 104 Å². The van der Waals surface area contributed by atoms with Crippen LogP contribution in [0.15, 0.2) is 209 Å². The number of thiophene rings is 1. The second-order valence-electron chi connectivity index (χ2n) is 16.6. The molecule has 302 valence electrons. The first kappa shape index (κ1) is 36.1. The van der Waals surface area contributed by atoms with Crippen LogP contribution < -0.4 is 0 Å². The van der Waals surface area contributed by atoms with Gasteiger partial charge in [0.25, 0.3) is 0 Å². The molecule has 0 aliphatic heterocycles. The van der Waals surface area contributed by atoms with Crippen LogP contribution >= 0.6 is 11.3 Å². The topological polar surface area (TPSA) is 65.0 Å². The van der Waals surface area contributed by atoms with Gasteiger partial charge in [-0.15, -0.1) is 11.3 Å². The zero-order chi connectivity index (χ0) is 42.6. The summed E-state index contributed by atoms with van der Waals surface area (Å²) in [5.74, 6) is 1.90. The summed E-state index contributed by atoms with van der Waals surface area (Å²) >= 11 is 1.78. The van der Waals surface area contributed by atoms with Crippen LogP contribution in [0.5, 0.6) is 0 Å². The number of benzene rings is 10. The average molecular weight is 848 g/mol. The molecule has 65 heavy (non-hydrogen) atoms. The summed E-state index contributed by atoms with van der Waals surface area (Å²) in [6.45, 7) is 0. The van der Waals surface area contributed by atoms with Gasteiger partial charge >= 0.3 is 0 Å². The first-order chi connectivity index (χ1) is 32.2. The van der Waals surface area contributed by atoms with Crippen LogP contribution in [0.1, 0.15) is 0 Å². The van der Waals surface area contributed by atoms with Crippen LogP contribution in [0.3, 0.4) is 0 Å². The minimum atomic E-state index is 0.624. The Kier molecular flexibility index (Phi) is 7.79. The van der Waals surface area contributed by atoms with E-state index in [1.54, 1.807) is 11.3 Å². The largest absolute Gasteiger partial charge is 0.456 e. The number of nitrogens with zero attached hydrogens (tertiary/aromatic N) is 3. The van der Waals surface area contributed by atoms with Crippen molar-refractivity contribution in [3.63, 3.8) is 0 Å². The van der Waals surface area contributed by atoms with E-state index in [1.807, 2.05) is 18.2 Å². The molecule has 0 unspecified atom stereocenters. The Labute approximate surface area is 375 Å². The molecule has 0 saturated carbocycles. The molecular formula is C59H33N3O2S. The Bertz CT molecular complexity index is 4270. The van der Waals surface area contributed by atoms with E-state index < -0.39 is 0 Å². The van der Waals surface area contributed by atoms with Crippen LogP contribution in [0.4, 0.5) is 0 Å². The molecule has 0 aliphatic carbocycles. The lowest BCUT2D eigenvalue weighted by Crippen LogP contribution is -2.01. The molecule has 5 nitrogen and oxygen atoms in total. The Balaban J connectivity index is 0.946. The van der Waals surface area contributed by atoms with Gasteiger partial charge in [-0.2, -0.15) is 0 Å². The first-order valence-electron chi connectivity index (χ1n) is 21.7. The first-order valence-corrected chi connectivity index (χ1v) is 22.6. The van der Waals surface area contributed by atoms with E-state index in [2.05, 4.69) is 182 Å². The molecule has 6 heteroatoms. The van der Waals surface area contributed by atoms with Crippen molar-refractivity contribution in [2.24, 2.45) is 0 Å². The van der Waals surface area contributed by atoms with Gasteiger partial charge in [-0.1, -0.05) is 146 Å². The maximum atomic E-state index is 6.70. The van der Waals surface area contributed by atoms with E-state index >= 15 is 0 Å². The molecule has 14 aromatic rings. The molecule has 0 radical (unpaired) electrons. The fourth-order valence-electron chi connectivity index (χ4n) is 9.96. The molecule has 0 atom stereocenters. The van der Waals surface area contributed by atoms with Crippen molar-refractivity contribution in [2.75, 3.05) is 0 Å². The van der Waals surface area contributed by atoms with Gasteiger partial charge in [0, 0.05) is 58.4 Å². The predicted octanol–water partition coefficient (Wildman–Crippen LogP) is 16.7. The number of para-hydroxylation sites is 1. The monoisotopic (exact) mass is 847 g/mol. The lowest BCUT2D eigenvalue weighted by Gasteiger charge is -2.14. The Hall–Kier alpha value is -8.45. The highest BCUT2D eigenvalue weighted by molar-refractivity contribution is 7.26. The van der Waals surface area contributed by atoms with Crippen molar-refractivity contribution < 1.29 is 8.83 Å². The summed E-state index contributed by atoms with van der Waals surface area (Å²) in [7, 11) is 0. The Morgan fingerprint density at radius 3 is 1.74 bits per heavy atom. The van der Waals surface area contributed by atoms with Gasteiger partial charge < -0.3 is 8.83 Å². The van der Waals surface area contributed by atoms with E-state index in [9.17, 15) is 0 Å². The van der Waals surface area contributed by atoms with Gasteiger partial charge in [-0.3, -0.25) is 0 Å². The van der Waals surface area contributed by atoms with Crippen LogP contribution in [0.2, 0.25) is 0 Å². The average Bonchev–Trinajstić information content (AvgIpc) is 4.07. The van der Waals surface area contributed by atoms with E-state index in [-0.39, 0.29) is 0 Å². The second-order valence-corrected chi connectivity index (χ2v) is 17.7. The maximum absolute atomic E-state index is 6.70. The third kappa shape index (κ3) is 5.61. The highest BCUT2D eigenvalue weighted by Crippen LogP contribution is 2.45. The smallest absolute Gasteiger partial charge is 0.165 e. The molecule has 0 aliphatic rings. The molecule has 10 aromatic carbocycles. The van der Waals surface area contributed by atoms with E-state index in [4.69, 9.17) is 23.8 Å². The maximum Gasteiger partial charge on any atom is 0.165 e. The lowest BCUT2D eigenvalue weighted by atomic mass is 9.92. The summed E-state index contributed by atoms with van der Waals surface area (Å²) in [6, 6.07) is 70.3. The van der Waals surface area contributed by atoms with Crippen molar-refractivity contribution in [1.29, 1.82) is 0 Å². The normalized spacial score (nSPS) is 12.0. The molecule has 0 fully saturated rings. The quantitative estimate of drug-likeness (QED) is 0.173. The zero-order valence-electron chi connectivity index (χ0n) is 34.6. The Morgan fingerprint density at radius 2 is 0.877 bits per heavy atom. The van der Waals surface area contributed by atoms with Crippen molar-refractivity contribution in [3.8, 4) is 56.4 Å². The third-order valence-corrected chi connectivity index (χ3v) is 14.2. The standard InChI is InChI=1S/C59H33N3O2S/c1-2-13-35-32-37(27-26-34(35)12-1)57-60-58(62-59(61-57)48-21-9-20-44-42-16-6-8-25-53(42)65-56(44)48)45-31-30-41(39-14-3-4-15-40(39)45)43-19-11-24-51-55(43)47-29-28-36(33-52(47)64-51)38-18-10-23-50-54(38)46-17-5-7-22-49(46)63-50/h1-33H. The molecule has 4 heterocycles. The SMILES string of the molecule is c1ccc2cc(-c3nc(-c4ccc(-c5cccc6oc7cc(-c8cccc9oc%10ccccc%10c89)ccc7c56)c5ccccc45)nc(-c4cccc5c4sc4ccccc45)n3)ccc2c1. The molecule has 0 spiro atoms. The molecule has 14 rings (SSSR count). The molecule has 0 N–H and O–H groups in total. The van der Waals surface area contributed by atoms with E-state index in [1.165, 1.54) is 20.9 Å². The van der Waals surface area contributed by atoms with Crippen LogP contribution in [0, 0.1) is 0 Å². The number of rotatable bonds is 5. The lowest BCUT2D eigenvalue weighted by molar-refractivity contribution is 0.668. The van der Waals surface area contributed by atoms with Crippen molar-refractivity contribution >= 4 is 96.9 Å². The zero-order valence-corrected chi connectivity index (χ0v) is 35.4. The van der Waals surface area contributed by atoms with Crippen LogP contribution in [0.25, 0.3) is 142 Å². The van der Waals surface area contributed by atoms with Crippen molar-refractivity contribution in [3.05, 3.63) is 200 Å². The van der Waals surface area contributed by atoms with Gasteiger partial charge in [-0.25, -0.2) is 15.0 Å². The fraction of sp³-hybridized carbons (Fsp3) is 0. The molecule has 0 bridgehead atoms. The summed E-state index contributed by atoms with van der Waals surface area (Å²) in [5.41, 5.74) is 10.7. The minimum absolute atomic E-state index is 0.624. The molecular weight excluding hydrogens is 815 g/mol. The second kappa shape index (κ2) is 14.0. The number of hydrogen-bond donors (Lipinski definition) is 0. The number of fused-ring (bicyclic) bond motifs is 11. The number of hydrogen-bond acceptors (Lipinski definition) is 6. The van der Waals surface area contributed by atoms with Gasteiger partial charge in [0.15, 0.2) is 17.5 Å². The van der Waals surface area contributed by atoms with Gasteiger partial charge in [-0.05, 0) is 98.4 Å². The summed E-state index contributed by atoms with van der Waals surface area (Å²) in [6.07, 6.45) is 0. The van der Waals surface area contributed by atoms with Gasteiger partial charge in [0.1, 0.15) is 22.3 Å². The minimum Gasteiger partial charge on any atom is -0.456 e. The van der Waals surface area contributed by atoms with Crippen molar-refractivity contribution in [2.45, 2.75) is 0 Å². The predicted molar refractivity (Wildman–Crippen MR) is 269 cm³/mol. The summed E-state index contributed by atoms with van der Waals surface area (Å²) < 4.78 is 15.3. The van der Waals surface area contributed by atoms with Crippen LogP contribution in [-0.4, -0.2) is 15.0 Å². The third-order valence-electron chi connectivity index (χ3n) is 13.0. The summed E-state index contributed by atoms with van der Waals surface area (Å²) in [4.78, 5) is 15.9. The fourth-order valence-corrected chi connectivity index (χ4v) is 11.2. The van der Waals surface area contributed by atoms with Crippen LogP contribution in [-0.2, 0) is 0 Å². The highest BCUT2D eigenvalue weighted by atomic mass is 32.1. The Morgan fingerprint density at radius 1 is 0.308 bits per heavy atom. The molecule has 0 saturated heterocycles. The summed E-state index contributed by atoms with van der Waals surface area (Å²) in [5, 5.41) is 11.3. The van der Waals surface area contributed by atoms with Gasteiger partial charge in [0.05, 0.1) is 0 Å². The number of furan rings is 2. The molecule has 0 amide bonds. The number of aromatic nitrogens is 3. The highest BCUT2D eigenvalue weighted by Gasteiger charge is 2.21. The van der Waals surface area contributed by atoms with Crippen molar-refractivity contribution in [1.82, 2.24) is 15.0 Å². The molecule has 4 aromatic heterocycles.